The Morgan fingerprint density at radius 3 is 2.96 bits per heavy atom. The molecule has 0 saturated heterocycles. The van der Waals surface area contributed by atoms with Crippen molar-refractivity contribution in [3.8, 4) is 0 Å². The van der Waals surface area contributed by atoms with Crippen molar-refractivity contribution < 1.29 is 4.42 Å². The smallest absolute Gasteiger partial charge is 0.131 e. The summed E-state index contributed by atoms with van der Waals surface area (Å²) < 4.78 is 7.33. The Balaban J connectivity index is 0.000000219. The normalized spacial score (nSPS) is 16.5. The molecule has 132 valence electrons. The lowest BCUT2D eigenvalue weighted by atomic mass is 10.0. The average molecular weight is 441 g/mol. The molecule has 1 atom stereocenters. The fourth-order valence-corrected chi connectivity index (χ4v) is 4.24. The molecule has 0 radical (unpaired) electrons. The Morgan fingerprint density at radius 2 is 2.32 bits per heavy atom. The van der Waals surface area contributed by atoms with Crippen LogP contribution in [0.15, 0.2) is 50.9 Å². The molecule has 3 aromatic heterocycles. The van der Waals surface area contributed by atoms with Crippen LogP contribution in [0.5, 0.6) is 0 Å². The van der Waals surface area contributed by atoms with Crippen LogP contribution in [0.3, 0.4) is 0 Å². The van der Waals surface area contributed by atoms with Crippen LogP contribution < -0.4 is 11.1 Å². The van der Waals surface area contributed by atoms with Gasteiger partial charge in [-0.25, -0.2) is 4.98 Å². The molecule has 4 nitrogen and oxygen atoms in total. The summed E-state index contributed by atoms with van der Waals surface area (Å²) in [6, 6.07) is 6.08. The predicted octanol–water partition coefficient (Wildman–Crippen LogP) is 5.97. The maximum Gasteiger partial charge on any atom is 0.131 e. The molecule has 3 N–H and O–H groups in total. The molecule has 1 unspecified atom stereocenters. The second kappa shape index (κ2) is 8.85. The summed E-state index contributed by atoms with van der Waals surface area (Å²) in [6.07, 6.45) is 9.46. The summed E-state index contributed by atoms with van der Waals surface area (Å²) in [7, 11) is 0. The number of pyridine rings is 1. The van der Waals surface area contributed by atoms with Gasteiger partial charge >= 0.3 is 0 Å². The predicted molar refractivity (Wildman–Crippen MR) is 109 cm³/mol. The van der Waals surface area contributed by atoms with E-state index >= 15 is 0 Å². The molecule has 0 spiro atoms. The molecule has 1 aliphatic carbocycles. The van der Waals surface area contributed by atoms with Crippen LogP contribution in [0.2, 0.25) is 5.15 Å². The quantitative estimate of drug-likeness (QED) is 0.389. The van der Waals surface area contributed by atoms with Crippen molar-refractivity contribution in [2.24, 2.45) is 5.73 Å². The fraction of sp³-hybridized carbons (Fsp3) is 0.278. The number of hydrogen-bond donors (Lipinski definition) is 2. The van der Waals surface area contributed by atoms with Crippen LogP contribution in [0.1, 0.15) is 25.0 Å². The Morgan fingerprint density at radius 1 is 1.44 bits per heavy atom. The molecule has 7 heteroatoms. The van der Waals surface area contributed by atoms with Gasteiger partial charge in [-0.3, -0.25) is 0 Å². The summed E-state index contributed by atoms with van der Waals surface area (Å²) in [4.78, 5) is 4.31. The second-order valence-corrected chi connectivity index (χ2v) is 7.85. The zero-order chi connectivity index (χ0) is 17.6. The summed E-state index contributed by atoms with van der Waals surface area (Å²) in [5.74, 6) is 0.881. The highest BCUT2D eigenvalue weighted by atomic mass is 79.9. The van der Waals surface area contributed by atoms with Crippen LogP contribution in [0.4, 0.5) is 5.69 Å². The molecule has 3 heterocycles. The first-order valence-electron chi connectivity index (χ1n) is 8.03. The van der Waals surface area contributed by atoms with Gasteiger partial charge in [-0.1, -0.05) is 23.8 Å². The van der Waals surface area contributed by atoms with Crippen molar-refractivity contribution in [3.63, 3.8) is 0 Å². The summed E-state index contributed by atoms with van der Waals surface area (Å²) in [5, 5.41) is 5.80. The minimum Gasteiger partial charge on any atom is -0.467 e. The van der Waals surface area contributed by atoms with Crippen molar-refractivity contribution in [3.05, 3.63) is 57.4 Å². The van der Waals surface area contributed by atoms with Crippen LogP contribution in [-0.4, -0.2) is 11.0 Å². The topological polar surface area (TPSA) is 64.1 Å². The Kier molecular flexibility index (Phi) is 6.53. The van der Waals surface area contributed by atoms with E-state index in [4.69, 9.17) is 21.8 Å². The van der Waals surface area contributed by atoms with E-state index in [1.165, 1.54) is 12.8 Å². The molecule has 0 aliphatic heterocycles. The van der Waals surface area contributed by atoms with E-state index in [1.54, 1.807) is 17.6 Å². The van der Waals surface area contributed by atoms with Crippen molar-refractivity contribution in [1.82, 2.24) is 4.98 Å². The van der Waals surface area contributed by atoms with Gasteiger partial charge in [-0.15, -0.1) is 11.3 Å². The van der Waals surface area contributed by atoms with Gasteiger partial charge in [-0.05, 0) is 47.3 Å². The number of nitrogens with zero attached hydrogens (tertiary/aromatic N) is 1. The first-order valence-corrected chi connectivity index (χ1v) is 10.1. The monoisotopic (exact) mass is 439 g/mol. The van der Waals surface area contributed by atoms with Gasteiger partial charge in [0.05, 0.1) is 33.2 Å². The molecular weight excluding hydrogens is 422 g/mol. The van der Waals surface area contributed by atoms with E-state index in [1.807, 2.05) is 23.6 Å². The van der Waals surface area contributed by atoms with Gasteiger partial charge in [-0.2, -0.15) is 0 Å². The van der Waals surface area contributed by atoms with Crippen LogP contribution >= 0.6 is 38.9 Å². The van der Waals surface area contributed by atoms with Gasteiger partial charge in [0.1, 0.15) is 10.9 Å². The SMILES string of the molecule is Clc1cc(NCc2ccco2)c2scc(Br)c2n1.NC1CC=CCC1. The zero-order valence-corrected chi connectivity index (χ0v) is 16.7. The molecule has 0 bridgehead atoms. The number of nitrogens with one attached hydrogen (secondary N) is 1. The highest BCUT2D eigenvalue weighted by Gasteiger charge is 2.10. The van der Waals surface area contributed by atoms with Crippen molar-refractivity contribution in [2.75, 3.05) is 5.32 Å². The van der Waals surface area contributed by atoms with Gasteiger partial charge in [0.25, 0.3) is 0 Å². The zero-order valence-electron chi connectivity index (χ0n) is 13.5. The number of furan rings is 1. The van der Waals surface area contributed by atoms with Gasteiger partial charge < -0.3 is 15.5 Å². The molecule has 3 aromatic rings. The third-order valence-electron chi connectivity index (χ3n) is 3.79. The lowest BCUT2D eigenvalue weighted by Crippen LogP contribution is -2.19. The van der Waals surface area contributed by atoms with Crippen LogP contribution in [0.25, 0.3) is 10.2 Å². The summed E-state index contributed by atoms with van der Waals surface area (Å²) in [6.45, 7) is 0.623. The van der Waals surface area contributed by atoms with Crippen molar-refractivity contribution in [2.45, 2.75) is 31.8 Å². The molecule has 4 rings (SSSR count). The van der Waals surface area contributed by atoms with Crippen molar-refractivity contribution in [1.29, 1.82) is 0 Å². The number of rotatable bonds is 3. The van der Waals surface area contributed by atoms with E-state index in [9.17, 15) is 0 Å². The number of halogens is 2. The number of anilines is 1. The van der Waals surface area contributed by atoms with Crippen LogP contribution in [-0.2, 0) is 6.54 Å². The minimum atomic E-state index is 0.449. The van der Waals surface area contributed by atoms with Gasteiger partial charge in [0.2, 0.25) is 0 Å². The number of aromatic nitrogens is 1. The molecule has 0 aromatic carbocycles. The maximum atomic E-state index is 6.02. The molecule has 0 saturated carbocycles. The first kappa shape index (κ1) is 18.5. The summed E-state index contributed by atoms with van der Waals surface area (Å²) in [5.41, 5.74) is 7.44. The van der Waals surface area contributed by atoms with E-state index in [-0.39, 0.29) is 0 Å². The Hall–Kier alpha value is -1.34. The molecule has 1 aliphatic rings. The third kappa shape index (κ3) is 5.07. The molecule has 25 heavy (non-hydrogen) atoms. The Labute approximate surface area is 164 Å². The Bertz CT molecular complexity index is 848. The number of fused-ring (bicyclic) bond motifs is 1. The van der Waals surface area contributed by atoms with Gasteiger partial charge in [0.15, 0.2) is 0 Å². The lowest BCUT2D eigenvalue weighted by molar-refractivity contribution is 0.518. The molecule has 0 fully saturated rings. The minimum absolute atomic E-state index is 0.449. The largest absolute Gasteiger partial charge is 0.467 e. The lowest BCUT2D eigenvalue weighted by Gasteiger charge is -2.09. The highest BCUT2D eigenvalue weighted by Crippen LogP contribution is 2.35. The third-order valence-corrected chi connectivity index (χ3v) is 5.89. The first-order chi connectivity index (χ1) is 12.1. The summed E-state index contributed by atoms with van der Waals surface area (Å²) >= 11 is 11.1. The number of nitrogens with two attached hydrogens (primary N) is 1. The van der Waals surface area contributed by atoms with Gasteiger partial charge in [0, 0.05) is 17.5 Å². The average Bonchev–Trinajstić information content (AvgIpc) is 3.25. The maximum absolute atomic E-state index is 6.02. The molecular formula is C18H19BrClN3OS. The van der Waals surface area contributed by atoms with Crippen LogP contribution in [0, 0.1) is 0 Å². The second-order valence-electron chi connectivity index (χ2n) is 5.73. The fourth-order valence-electron chi connectivity index (χ4n) is 2.49. The van der Waals surface area contributed by atoms with E-state index < -0.39 is 0 Å². The molecule has 0 amide bonds. The van der Waals surface area contributed by atoms with Crippen molar-refractivity contribution >= 4 is 54.8 Å². The van der Waals surface area contributed by atoms with E-state index in [0.717, 1.165) is 32.6 Å². The number of thiophene rings is 1. The van der Waals surface area contributed by atoms with E-state index in [0.29, 0.717) is 17.7 Å². The highest BCUT2D eigenvalue weighted by molar-refractivity contribution is 9.10. The standard InChI is InChI=1S/C12H8BrClN2OS.C6H11N/c13-8-6-18-12-9(4-10(14)16-11(8)12)15-5-7-2-1-3-17-7;7-6-4-2-1-3-5-6/h1-4,6H,5H2,(H,15,16);1-2,6H,3-5,7H2. The number of allylic oxidation sites excluding steroid dienone is 1. The number of hydrogen-bond acceptors (Lipinski definition) is 5. The van der Waals surface area contributed by atoms with E-state index in [2.05, 4.69) is 38.4 Å².